The smallest absolute Gasteiger partial charge is 0.266 e. The van der Waals surface area contributed by atoms with Crippen molar-refractivity contribution in [1.29, 1.82) is 0 Å². The molecule has 0 amide bonds. The summed E-state index contributed by atoms with van der Waals surface area (Å²) in [6, 6.07) is 0.0744. The van der Waals surface area contributed by atoms with E-state index < -0.39 is 10.0 Å². The van der Waals surface area contributed by atoms with Crippen LogP contribution in [-0.2, 0) is 10.0 Å². The highest BCUT2D eigenvalue weighted by molar-refractivity contribution is 7.92. The number of aromatic nitrogens is 6. The monoisotopic (exact) mass is 335 g/mol. The van der Waals surface area contributed by atoms with E-state index in [1.54, 1.807) is 11.6 Å². The number of hydrogen-bond acceptors (Lipinski definition) is 6. The van der Waals surface area contributed by atoms with Gasteiger partial charge in [0.05, 0.1) is 17.3 Å². The molecule has 0 fully saturated rings. The zero-order valence-electron chi connectivity index (χ0n) is 13.2. The summed E-state index contributed by atoms with van der Waals surface area (Å²) in [4.78, 5) is 0.0822. The first-order valence-electron chi connectivity index (χ1n) is 7.04. The van der Waals surface area contributed by atoms with Crippen molar-refractivity contribution in [3.05, 3.63) is 23.7 Å². The second kappa shape index (κ2) is 5.30. The average Bonchev–Trinajstić information content (AvgIpc) is 3.10. The predicted octanol–water partition coefficient (Wildman–Crippen LogP) is 1.55. The first kappa shape index (κ1) is 15.4. The predicted molar refractivity (Wildman–Crippen MR) is 84.6 cm³/mol. The number of rotatable bonds is 4. The Kier molecular flexibility index (Phi) is 3.55. The molecule has 2 N–H and O–H groups in total. The molecule has 9 nitrogen and oxygen atoms in total. The standard InChI is InChI=1S/C13H17N7O2S/c1-7(2)20-6-10(5-14-20)23(21,22)19-13-11-8(3)9(4)15-16-12(11)17-18-13/h5-7H,1-4H3,(H2,16,17,18,19). The molecule has 3 aromatic heterocycles. The highest BCUT2D eigenvalue weighted by Crippen LogP contribution is 2.25. The minimum Gasteiger partial charge on any atom is -0.269 e. The summed E-state index contributed by atoms with van der Waals surface area (Å²) < 4.78 is 29.1. The van der Waals surface area contributed by atoms with Gasteiger partial charge >= 0.3 is 0 Å². The number of hydrogen-bond donors (Lipinski definition) is 2. The van der Waals surface area contributed by atoms with Crippen LogP contribution in [0.1, 0.15) is 31.1 Å². The SMILES string of the molecule is Cc1nnc2[nH]nc(NS(=O)(=O)c3cnn(C(C)C)c3)c2c1C. The molecular formula is C13H17N7O2S. The van der Waals surface area contributed by atoms with Crippen LogP contribution >= 0.6 is 0 Å². The topological polar surface area (TPSA) is 118 Å². The molecule has 23 heavy (non-hydrogen) atoms. The fraction of sp³-hybridized carbons (Fsp3) is 0.385. The maximum Gasteiger partial charge on any atom is 0.266 e. The van der Waals surface area contributed by atoms with Crippen molar-refractivity contribution in [2.45, 2.75) is 38.6 Å². The minimum absolute atomic E-state index is 0.0744. The van der Waals surface area contributed by atoms with E-state index in [2.05, 4.69) is 30.2 Å². The molecule has 0 spiro atoms. The maximum atomic E-state index is 12.5. The van der Waals surface area contributed by atoms with Crippen LogP contribution in [0.3, 0.4) is 0 Å². The van der Waals surface area contributed by atoms with Gasteiger partial charge < -0.3 is 0 Å². The van der Waals surface area contributed by atoms with Gasteiger partial charge in [-0.3, -0.25) is 14.5 Å². The Balaban J connectivity index is 2.02. The first-order chi connectivity index (χ1) is 10.8. The fourth-order valence-corrected chi connectivity index (χ4v) is 3.10. The third kappa shape index (κ3) is 2.65. The van der Waals surface area contributed by atoms with Crippen molar-refractivity contribution < 1.29 is 8.42 Å². The molecule has 0 atom stereocenters. The molecule has 3 aromatic rings. The summed E-state index contributed by atoms with van der Waals surface area (Å²) in [6.07, 6.45) is 2.80. The summed E-state index contributed by atoms with van der Waals surface area (Å²) in [7, 11) is -3.78. The van der Waals surface area contributed by atoms with Gasteiger partial charge in [-0.05, 0) is 33.3 Å². The summed E-state index contributed by atoms with van der Waals surface area (Å²) in [6.45, 7) is 7.49. The Bertz CT molecular complexity index is 972. The lowest BCUT2D eigenvalue weighted by atomic mass is 10.2. The van der Waals surface area contributed by atoms with Crippen LogP contribution in [-0.4, -0.2) is 38.6 Å². The zero-order valence-corrected chi connectivity index (χ0v) is 14.0. The summed E-state index contributed by atoms with van der Waals surface area (Å²) >= 11 is 0. The van der Waals surface area contributed by atoms with Crippen LogP contribution in [0.15, 0.2) is 17.3 Å². The van der Waals surface area contributed by atoms with E-state index in [9.17, 15) is 8.42 Å². The van der Waals surface area contributed by atoms with Crippen LogP contribution in [0.5, 0.6) is 0 Å². The van der Waals surface area contributed by atoms with E-state index in [1.807, 2.05) is 20.8 Å². The molecule has 0 saturated carbocycles. The number of nitrogens with one attached hydrogen (secondary N) is 2. The highest BCUT2D eigenvalue weighted by Gasteiger charge is 2.21. The number of aryl methyl sites for hydroxylation is 2. The molecule has 122 valence electrons. The van der Waals surface area contributed by atoms with Crippen molar-refractivity contribution in [3.8, 4) is 0 Å². The van der Waals surface area contributed by atoms with Gasteiger partial charge in [-0.1, -0.05) is 0 Å². The van der Waals surface area contributed by atoms with Crippen molar-refractivity contribution in [3.63, 3.8) is 0 Å². The molecule has 3 heterocycles. The molecule has 3 rings (SSSR count). The molecular weight excluding hydrogens is 318 g/mol. The van der Waals surface area contributed by atoms with Gasteiger partial charge in [0.1, 0.15) is 4.90 Å². The van der Waals surface area contributed by atoms with Crippen molar-refractivity contribution in [1.82, 2.24) is 30.2 Å². The van der Waals surface area contributed by atoms with Crippen LogP contribution in [0.2, 0.25) is 0 Å². The second-order valence-corrected chi connectivity index (χ2v) is 7.24. The minimum atomic E-state index is -3.78. The Morgan fingerprint density at radius 3 is 2.65 bits per heavy atom. The molecule has 0 aliphatic rings. The number of anilines is 1. The van der Waals surface area contributed by atoms with E-state index in [0.717, 1.165) is 5.56 Å². The summed E-state index contributed by atoms with van der Waals surface area (Å²) in [5, 5.41) is 19.3. The zero-order chi connectivity index (χ0) is 16.8. The van der Waals surface area contributed by atoms with E-state index >= 15 is 0 Å². The lowest BCUT2D eigenvalue weighted by molar-refractivity contribution is 0.531. The van der Waals surface area contributed by atoms with Crippen LogP contribution in [0.4, 0.5) is 5.82 Å². The van der Waals surface area contributed by atoms with Gasteiger partial charge in [-0.25, -0.2) is 8.42 Å². The molecule has 10 heteroatoms. The largest absolute Gasteiger partial charge is 0.269 e. The lowest BCUT2D eigenvalue weighted by Gasteiger charge is -2.06. The Hall–Kier alpha value is -2.49. The lowest BCUT2D eigenvalue weighted by Crippen LogP contribution is -2.13. The second-order valence-electron chi connectivity index (χ2n) is 5.56. The van der Waals surface area contributed by atoms with Gasteiger partial charge in [0.15, 0.2) is 11.5 Å². The van der Waals surface area contributed by atoms with Gasteiger partial charge in [0, 0.05) is 12.2 Å². The normalized spacial score (nSPS) is 12.2. The van der Waals surface area contributed by atoms with Crippen molar-refractivity contribution >= 4 is 26.9 Å². The van der Waals surface area contributed by atoms with Crippen LogP contribution in [0.25, 0.3) is 11.0 Å². The molecule has 0 radical (unpaired) electrons. The van der Waals surface area contributed by atoms with Crippen molar-refractivity contribution in [2.24, 2.45) is 0 Å². The maximum absolute atomic E-state index is 12.5. The third-order valence-electron chi connectivity index (χ3n) is 3.61. The average molecular weight is 335 g/mol. The Morgan fingerprint density at radius 1 is 1.26 bits per heavy atom. The fourth-order valence-electron chi connectivity index (χ4n) is 2.14. The van der Waals surface area contributed by atoms with Crippen LogP contribution in [0, 0.1) is 13.8 Å². The van der Waals surface area contributed by atoms with Gasteiger partial charge in [0.25, 0.3) is 10.0 Å². The number of sulfonamides is 1. The van der Waals surface area contributed by atoms with Crippen LogP contribution < -0.4 is 4.72 Å². The first-order valence-corrected chi connectivity index (χ1v) is 8.53. The Labute approximate surface area is 133 Å². The highest BCUT2D eigenvalue weighted by atomic mass is 32.2. The molecule has 0 aliphatic heterocycles. The molecule has 0 aromatic carbocycles. The Morgan fingerprint density at radius 2 is 2.00 bits per heavy atom. The molecule has 0 bridgehead atoms. The number of H-pyrrole nitrogens is 1. The quantitative estimate of drug-likeness (QED) is 0.746. The van der Waals surface area contributed by atoms with Gasteiger partial charge in [-0.2, -0.15) is 15.3 Å². The molecule has 0 aliphatic carbocycles. The molecule has 0 saturated heterocycles. The van der Waals surface area contributed by atoms with E-state index in [4.69, 9.17) is 0 Å². The van der Waals surface area contributed by atoms with Crippen molar-refractivity contribution in [2.75, 3.05) is 4.72 Å². The van der Waals surface area contributed by atoms with E-state index in [0.29, 0.717) is 16.7 Å². The van der Waals surface area contributed by atoms with Gasteiger partial charge in [-0.15, -0.1) is 5.10 Å². The summed E-state index contributed by atoms with van der Waals surface area (Å²) in [5.41, 5.74) is 1.97. The van der Waals surface area contributed by atoms with E-state index in [1.165, 1.54) is 12.4 Å². The summed E-state index contributed by atoms with van der Waals surface area (Å²) in [5.74, 6) is 0.202. The number of fused-ring (bicyclic) bond motifs is 1. The van der Waals surface area contributed by atoms with E-state index in [-0.39, 0.29) is 16.8 Å². The molecule has 0 unspecified atom stereocenters. The third-order valence-corrected chi connectivity index (χ3v) is 4.91. The van der Waals surface area contributed by atoms with Gasteiger partial charge in [0.2, 0.25) is 0 Å². The number of nitrogens with zero attached hydrogens (tertiary/aromatic N) is 5. The number of aromatic amines is 1.